The zero-order valence-electron chi connectivity index (χ0n) is 45.0. The summed E-state index contributed by atoms with van der Waals surface area (Å²) in [6, 6.07) is 8.48. The number of esters is 2. The van der Waals surface area contributed by atoms with Gasteiger partial charge in [0.15, 0.2) is 20.7 Å². The van der Waals surface area contributed by atoms with Gasteiger partial charge in [-0.2, -0.15) is 8.42 Å². The number of carbonyl (C=O) groups is 3. The van der Waals surface area contributed by atoms with Crippen LogP contribution in [0.15, 0.2) is 36.4 Å². The van der Waals surface area contributed by atoms with Crippen molar-refractivity contribution < 1.29 is 64.8 Å². The van der Waals surface area contributed by atoms with E-state index < -0.39 is 73.3 Å². The first kappa shape index (κ1) is 66.9. The fourth-order valence-corrected chi connectivity index (χ4v) is 10.9. The lowest BCUT2D eigenvalue weighted by Gasteiger charge is -2.45. The predicted octanol–water partition coefficient (Wildman–Crippen LogP) is 14.0. The van der Waals surface area contributed by atoms with Crippen molar-refractivity contribution in [3.63, 3.8) is 0 Å². The van der Waals surface area contributed by atoms with Gasteiger partial charge in [0.1, 0.15) is 35.9 Å². The number of unbranched alkanes of at least 4 members (excludes halogenated alkanes) is 16. The molecule has 1 saturated heterocycles. The number of aliphatic hydroxyl groups excluding tert-OH is 1. The number of hydrogen-bond acceptors (Lipinski definition) is 13. The van der Waals surface area contributed by atoms with E-state index in [-0.39, 0.29) is 30.9 Å². The highest BCUT2D eigenvalue weighted by atomic mass is 35.5. The summed E-state index contributed by atoms with van der Waals surface area (Å²) in [5.41, 5.74) is 0. The van der Waals surface area contributed by atoms with Crippen LogP contribution in [0.5, 0.6) is 11.5 Å². The molecule has 1 fully saturated rings. The van der Waals surface area contributed by atoms with E-state index >= 15 is 0 Å². The van der Waals surface area contributed by atoms with Gasteiger partial charge < -0.3 is 38.5 Å². The quantitative estimate of drug-likeness (QED) is 0.0248. The molecule has 75 heavy (non-hydrogen) atoms. The topological polar surface area (TPSA) is 202 Å². The number of amides is 1. The third-order valence-electron chi connectivity index (χ3n) is 13.5. The summed E-state index contributed by atoms with van der Waals surface area (Å²) in [6.45, 7) is 12.8. The van der Waals surface area contributed by atoms with Gasteiger partial charge in [0, 0.05) is 32.9 Å². The average molecular weight is 1170 g/mol. The molecule has 0 aliphatic carbocycles. The Hall–Kier alpha value is -2.42. The van der Waals surface area contributed by atoms with Crippen molar-refractivity contribution in [1.82, 2.24) is 5.32 Å². The van der Waals surface area contributed by atoms with E-state index in [1.54, 1.807) is 36.4 Å². The standard InChI is InChI=1S/C54H85Cl4NO14SSi/c1-7-8-9-10-11-12-13-16-21-26-43(70-48(61)27-22-17-14-19-24-29-67-44-33-39(55)31-40(56)34-44)37-47(60)59-50-52(51(73-74(64,65)66)46(71-53(50)63)38-69-75(5,6)54(2,3)4)72-49(62)28-23-18-15-20-25-30-68-45-35-41(57)32-42(58)36-45/h31-36,43,46,50-53,63H,7-30,37-38H2,1-6H3,(H,59,60)(H,64,65,66)/t43-,46+,50+,51+,52+,53?/m0/s1. The van der Waals surface area contributed by atoms with Gasteiger partial charge in [0.25, 0.3) is 0 Å². The number of hydrogen-bond donors (Lipinski definition) is 3. The maximum atomic E-state index is 14.0. The number of rotatable bonds is 38. The molecule has 21 heteroatoms. The molecule has 1 aliphatic heterocycles. The molecule has 428 valence electrons. The van der Waals surface area contributed by atoms with Gasteiger partial charge in [-0.05, 0) is 93.1 Å². The minimum atomic E-state index is -5.22. The molecular formula is C54H85Cl4NO14SSi. The highest BCUT2D eigenvalue weighted by Gasteiger charge is 2.52. The van der Waals surface area contributed by atoms with E-state index in [1.807, 2.05) is 33.9 Å². The van der Waals surface area contributed by atoms with Crippen LogP contribution in [-0.4, -0.2) is 101 Å². The van der Waals surface area contributed by atoms with E-state index in [0.29, 0.717) is 76.9 Å². The molecule has 1 heterocycles. The van der Waals surface area contributed by atoms with Crippen molar-refractivity contribution in [2.75, 3.05) is 19.8 Å². The van der Waals surface area contributed by atoms with E-state index in [4.69, 9.17) is 78.7 Å². The molecule has 15 nitrogen and oxygen atoms in total. The Morgan fingerprint density at radius 2 is 1.13 bits per heavy atom. The number of benzene rings is 2. The largest absolute Gasteiger partial charge is 0.493 e. The van der Waals surface area contributed by atoms with Crippen LogP contribution in [0.1, 0.15) is 175 Å². The molecule has 0 aromatic heterocycles. The maximum absolute atomic E-state index is 14.0. The van der Waals surface area contributed by atoms with Gasteiger partial charge in [-0.1, -0.05) is 164 Å². The summed E-state index contributed by atoms with van der Waals surface area (Å²) in [4.78, 5) is 40.9. The molecule has 3 N–H and O–H groups in total. The Kier molecular flexibility index (Phi) is 31.4. The first-order valence-electron chi connectivity index (χ1n) is 27.0. The van der Waals surface area contributed by atoms with E-state index in [1.165, 1.54) is 25.7 Å². The zero-order chi connectivity index (χ0) is 55.4. The summed E-state index contributed by atoms with van der Waals surface area (Å²) < 4.78 is 75.7. The smallest absolute Gasteiger partial charge is 0.397 e. The molecular weight excluding hydrogens is 1090 g/mol. The van der Waals surface area contributed by atoms with Crippen molar-refractivity contribution in [1.29, 1.82) is 0 Å². The second kappa shape index (κ2) is 35.2. The number of halogens is 4. The number of ether oxygens (including phenoxy) is 5. The third-order valence-corrected chi connectivity index (χ3v) is 19.3. The molecule has 2 aromatic carbocycles. The lowest BCUT2D eigenvalue weighted by atomic mass is 9.96. The number of nitrogens with one attached hydrogen (secondary N) is 1. The summed E-state index contributed by atoms with van der Waals surface area (Å²) in [5.74, 6) is -0.700. The van der Waals surface area contributed by atoms with E-state index in [2.05, 4.69) is 12.2 Å². The minimum Gasteiger partial charge on any atom is -0.493 e. The number of carbonyl (C=O) groups excluding carboxylic acids is 3. The van der Waals surface area contributed by atoms with Gasteiger partial charge >= 0.3 is 22.3 Å². The lowest BCUT2D eigenvalue weighted by molar-refractivity contribution is -0.253. The molecule has 1 unspecified atom stereocenters. The van der Waals surface area contributed by atoms with Crippen molar-refractivity contribution in [3.05, 3.63) is 56.5 Å². The highest BCUT2D eigenvalue weighted by Crippen LogP contribution is 2.38. The van der Waals surface area contributed by atoms with Gasteiger partial charge in [-0.3, -0.25) is 18.9 Å². The van der Waals surface area contributed by atoms with Crippen molar-refractivity contribution in [2.45, 2.75) is 230 Å². The third kappa shape index (κ3) is 28.3. The monoisotopic (exact) mass is 1170 g/mol. The summed E-state index contributed by atoms with van der Waals surface area (Å²) in [5, 5.41) is 15.9. The van der Waals surface area contributed by atoms with Crippen LogP contribution >= 0.6 is 46.4 Å². The zero-order valence-corrected chi connectivity index (χ0v) is 49.9. The second-order valence-electron chi connectivity index (χ2n) is 21.0. The Morgan fingerprint density at radius 3 is 1.61 bits per heavy atom. The first-order valence-corrected chi connectivity index (χ1v) is 32.7. The van der Waals surface area contributed by atoms with Gasteiger partial charge in [-0.25, -0.2) is 4.18 Å². The van der Waals surface area contributed by atoms with Gasteiger partial charge in [-0.15, -0.1) is 0 Å². The maximum Gasteiger partial charge on any atom is 0.397 e. The number of aliphatic hydroxyl groups is 1. The fraction of sp³-hybridized carbons (Fsp3) is 0.722. The van der Waals surface area contributed by atoms with Crippen LogP contribution in [0.2, 0.25) is 38.2 Å². The molecule has 6 atom stereocenters. The van der Waals surface area contributed by atoms with Crippen LogP contribution in [0.4, 0.5) is 0 Å². The summed E-state index contributed by atoms with van der Waals surface area (Å²) in [6.07, 6.45) is 9.66. The first-order chi connectivity index (χ1) is 35.5. The van der Waals surface area contributed by atoms with Crippen LogP contribution in [0.3, 0.4) is 0 Å². The van der Waals surface area contributed by atoms with Crippen LogP contribution < -0.4 is 14.8 Å². The Morgan fingerprint density at radius 1 is 0.680 bits per heavy atom. The van der Waals surface area contributed by atoms with Crippen molar-refractivity contribution >= 4 is 83.0 Å². The molecule has 1 aliphatic rings. The van der Waals surface area contributed by atoms with Crippen LogP contribution in [-0.2, 0) is 47.6 Å². The SMILES string of the molecule is CCCCCCCCCCC[C@@H](CC(=O)N[C@H]1C(O)O[C@H](CO[Si](C)(C)C(C)(C)C)[C@@H](OS(=O)(=O)O)[C@@H]1OC(=O)CCCCCCCOc1cc(Cl)cc(Cl)c1)OC(=O)CCCCCCCOc1cc(Cl)cc(Cl)c1. The Balaban J connectivity index is 1.68. The molecule has 2 aromatic rings. The highest BCUT2D eigenvalue weighted by molar-refractivity contribution is 7.80. The average Bonchev–Trinajstić information content (AvgIpc) is 3.30. The molecule has 0 bridgehead atoms. The van der Waals surface area contributed by atoms with Crippen molar-refractivity contribution in [3.8, 4) is 11.5 Å². The predicted molar refractivity (Wildman–Crippen MR) is 298 cm³/mol. The molecule has 3 rings (SSSR count). The second-order valence-corrected chi connectivity index (χ2v) is 28.7. The lowest BCUT2D eigenvalue weighted by Crippen LogP contribution is -2.66. The summed E-state index contributed by atoms with van der Waals surface area (Å²) >= 11 is 24.3. The molecule has 1 amide bonds. The van der Waals surface area contributed by atoms with Crippen molar-refractivity contribution in [2.24, 2.45) is 0 Å². The fourth-order valence-electron chi connectivity index (χ4n) is 8.31. The molecule has 0 radical (unpaired) electrons. The Labute approximate surface area is 468 Å². The van der Waals surface area contributed by atoms with Crippen LogP contribution in [0.25, 0.3) is 0 Å². The van der Waals surface area contributed by atoms with Gasteiger partial charge in [0.2, 0.25) is 5.91 Å². The molecule has 0 spiro atoms. The molecule has 0 saturated carbocycles. The van der Waals surface area contributed by atoms with Gasteiger partial charge in [0.05, 0.1) is 26.2 Å². The van der Waals surface area contributed by atoms with E-state index in [9.17, 15) is 32.5 Å². The summed E-state index contributed by atoms with van der Waals surface area (Å²) in [7, 11) is -7.74. The minimum absolute atomic E-state index is 0.0831. The normalized spacial score (nSPS) is 18.6. The van der Waals surface area contributed by atoms with Crippen LogP contribution in [0, 0.1) is 0 Å². The van der Waals surface area contributed by atoms with E-state index in [0.717, 1.165) is 70.6 Å². The Bertz CT molecular complexity index is 2080.